The van der Waals surface area contributed by atoms with Gasteiger partial charge in [0.2, 0.25) is 0 Å². The van der Waals surface area contributed by atoms with Gasteiger partial charge in [-0.15, -0.1) is 0 Å². The van der Waals surface area contributed by atoms with Gasteiger partial charge in [-0.1, -0.05) is 333 Å². The maximum absolute atomic E-state index is 12.9. The van der Waals surface area contributed by atoms with E-state index >= 15 is 0 Å². The molecule has 446 valence electrons. The lowest BCUT2D eigenvalue weighted by Crippen LogP contribution is -2.30. The molecule has 6 nitrogen and oxygen atoms in total. The van der Waals surface area contributed by atoms with Crippen molar-refractivity contribution in [2.75, 3.05) is 13.2 Å². The summed E-state index contributed by atoms with van der Waals surface area (Å²) in [5, 5.41) is 0. The van der Waals surface area contributed by atoms with Gasteiger partial charge in [0.15, 0.2) is 6.10 Å². The third kappa shape index (κ3) is 62.5. The summed E-state index contributed by atoms with van der Waals surface area (Å²) in [6.07, 6.45) is 80.3. The van der Waals surface area contributed by atoms with E-state index in [0.717, 1.165) is 70.6 Å². The molecule has 1 unspecified atom stereocenters. The molecule has 0 heterocycles. The van der Waals surface area contributed by atoms with Gasteiger partial charge < -0.3 is 14.2 Å². The van der Waals surface area contributed by atoms with E-state index < -0.39 is 6.10 Å². The van der Waals surface area contributed by atoms with Crippen LogP contribution in [-0.4, -0.2) is 37.2 Å². The second kappa shape index (κ2) is 65.2. The highest BCUT2D eigenvalue weighted by Gasteiger charge is 2.19. The highest BCUT2D eigenvalue weighted by Crippen LogP contribution is 2.18. The molecule has 0 aliphatic carbocycles. The fourth-order valence-corrected chi connectivity index (χ4v) is 10.3. The van der Waals surface area contributed by atoms with Crippen LogP contribution in [-0.2, 0) is 28.6 Å². The molecule has 0 fully saturated rings. The third-order valence-corrected chi connectivity index (χ3v) is 15.4. The topological polar surface area (TPSA) is 78.9 Å². The summed E-state index contributed by atoms with van der Waals surface area (Å²) < 4.78 is 16.9. The number of carbonyl (C=O) groups excluding carboxylic acids is 3. The van der Waals surface area contributed by atoms with Crippen molar-refractivity contribution < 1.29 is 28.6 Å². The summed E-state index contributed by atoms with van der Waals surface area (Å²) in [6, 6.07) is 0. The average Bonchev–Trinajstić information content (AvgIpc) is 3.42. The Morgan fingerprint density at radius 3 is 0.737 bits per heavy atom. The first-order chi connectivity index (χ1) is 37.5. The van der Waals surface area contributed by atoms with Crippen LogP contribution in [0.15, 0.2) is 36.5 Å². The number of hydrogen-bond acceptors (Lipinski definition) is 6. The van der Waals surface area contributed by atoms with E-state index in [1.165, 1.54) is 263 Å². The summed E-state index contributed by atoms with van der Waals surface area (Å²) in [7, 11) is 0. The minimum atomic E-state index is -0.766. The standard InChI is InChI=1S/C70H130O6/c1-4-7-10-13-16-19-22-24-26-28-29-30-31-32-33-34-35-36-37-38-39-40-41-43-44-46-48-51-54-57-60-63-69(72)75-66-67(65-74-68(71)62-59-56-53-50-21-18-15-12-9-6-3)76-70(73)64-61-58-55-52-49-47-45-42-27-25-23-20-17-14-11-8-5-2/h22,24,28-29,31-32,67H,4-21,23,25-27,30,33-66H2,1-3H3/b24-22-,29-28-,32-31-. The predicted molar refractivity (Wildman–Crippen MR) is 330 cm³/mol. The van der Waals surface area contributed by atoms with Crippen LogP contribution in [0, 0.1) is 0 Å². The van der Waals surface area contributed by atoms with E-state index in [1.807, 2.05) is 0 Å². The van der Waals surface area contributed by atoms with Gasteiger partial charge in [-0.3, -0.25) is 14.4 Å². The molecule has 0 radical (unpaired) electrons. The summed E-state index contributed by atoms with van der Waals surface area (Å²) in [5.41, 5.74) is 0. The molecule has 0 amide bonds. The largest absolute Gasteiger partial charge is 0.462 e. The van der Waals surface area contributed by atoms with Crippen molar-refractivity contribution in [1.82, 2.24) is 0 Å². The van der Waals surface area contributed by atoms with Gasteiger partial charge in [0, 0.05) is 19.3 Å². The van der Waals surface area contributed by atoms with Crippen LogP contribution in [0.5, 0.6) is 0 Å². The molecule has 0 aliphatic heterocycles. The molecule has 0 N–H and O–H groups in total. The summed E-state index contributed by atoms with van der Waals surface area (Å²) in [4.78, 5) is 38.2. The molecule has 0 aromatic heterocycles. The Bertz CT molecular complexity index is 1270. The lowest BCUT2D eigenvalue weighted by atomic mass is 10.0. The fourth-order valence-electron chi connectivity index (χ4n) is 10.3. The predicted octanol–water partition coefficient (Wildman–Crippen LogP) is 23.2. The van der Waals surface area contributed by atoms with Crippen LogP contribution < -0.4 is 0 Å². The first kappa shape index (κ1) is 73.6. The molecule has 0 saturated carbocycles. The molecule has 0 aromatic rings. The Hall–Kier alpha value is -2.37. The lowest BCUT2D eigenvalue weighted by Gasteiger charge is -2.18. The zero-order valence-electron chi connectivity index (χ0n) is 51.3. The van der Waals surface area contributed by atoms with Crippen molar-refractivity contribution >= 4 is 17.9 Å². The highest BCUT2D eigenvalue weighted by molar-refractivity contribution is 5.71. The van der Waals surface area contributed by atoms with Gasteiger partial charge in [0.05, 0.1) is 0 Å². The first-order valence-corrected chi connectivity index (χ1v) is 34.0. The molecule has 0 rings (SSSR count). The van der Waals surface area contributed by atoms with Crippen LogP contribution >= 0.6 is 0 Å². The van der Waals surface area contributed by atoms with Crippen LogP contribution in [0.2, 0.25) is 0 Å². The average molecular weight is 1070 g/mol. The van der Waals surface area contributed by atoms with E-state index in [-0.39, 0.29) is 31.1 Å². The number of allylic oxidation sites excluding steroid dienone is 6. The number of esters is 3. The molecule has 6 heteroatoms. The van der Waals surface area contributed by atoms with E-state index in [9.17, 15) is 14.4 Å². The number of hydrogen-bond donors (Lipinski definition) is 0. The minimum Gasteiger partial charge on any atom is -0.462 e. The normalized spacial score (nSPS) is 12.2. The molecular weight excluding hydrogens is 937 g/mol. The number of carbonyl (C=O) groups is 3. The van der Waals surface area contributed by atoms with Gasteiger partial charge in [-0.2, -0.15) is 0 Å². The molecule has 76 heavy (non-hydrogen) atoms. The number of rotatable bonds is 63. The van der Waals surface area contributed by atoms with Crippen molar-refractivity contribution in [3.05, 3.63) is 36.5 Å². The van der Waals surface area contributed by atoms with Crippen LogP contribution in [0.1, 0.15) is 374 Å². The Labute approximate surface area is 474 Å². The van der Waals surface area contributed by atoms with Gasteiger partial charge >= 0.3 is 17.9 Å². The summed E-state index contributed by atoms with van der Waals surface area (Å²) in [6.45, 7) is 6.68. The Kier molecular flexibility index (Phi) is 63.1. The molecule has 0 aromatic carbocycles. The molecule has 0 aliphatic rings. The molecule has 0 spiro atoms. The lowest BCUT2D eigenvalue weighted by molar-refractivity contribution is -0.167. The van der Waals surface area contributed by atoms with Gasteiger partial charge in [-0.25, -0.2) is 0 Å². The monoisotopic (exact) mass is 1070 g/mol. The fraction of sp³-hybridized carbons (Fsp3) is 0.871. The SMILES string of the molecule is CCCCCCC/C=C\C/C=C\C/C=C\CCCCCCCCCCCCCCCCCCC(=O)OCC(COC(=O)CCCCCCCCCCCC)OC(=O)CCCCCCCCCCCCCCCCCCC. The van der Waals surface area contributed by atoms with Crippen molar-refractivity contribution in [2.24, 2.45) is 0 Å². The zero-order chi connectivity index (χ0) is 55.0. The van der Waals surface area contributed by atoms with Crippen LogP contribution in [0.25, 0.3) is 0 Å². The van der Waals surface area contributed by atoms with Gasteiger partial charge in [-0.05, 0) is 57.8 Å². The first-order valence-electron chi connectivity index (χ1n) is 34.0. The van der Waals surface area contributed by atoms with Crippen LogP contribution in [0.4, 0.5) is 0 Å². The maximum Gasteiger partial charge on any atom is 0.306 e. The number of ether oxygens (including phenoxy) is 3. The zero-order valence-corrected chi connectivity index (χ0v) is 51.3. The molecule has 1 atom stereocenters. The summed E-state index contributed by atoms with van der Waals surface area (Å²) >= 11 is 0. The minimum absolute atomic E-state index is 0.0653. The molecule has 0 bridgehead atoms. The van der Waals surface area contributed by atoms with Crippen molar-refractivity contribution in [1.29, 1.82) is 0 Å². The second-order valence-electron chi connectivity index (χ2n) is 23.1. The van der Waals surface area contributed by atoms with Crippen molar-refractivity contribution in [3.63, 3.8) is 0 Å². The summed E-state index contributed by atoms with van der Waals surface area (Å²) in [5.74, 6) is -0.840. The molecule has 0 saturated heterocycles. The van der Waals surface area contributed by atoms with Gasteiger partial charge in [0.1, 0.15) is 13.2 Å². The highest BCUT2D eigenvalue weighted by atomic mass is 16.6. The van der Waals surface area contributed by atoms with E-state index in [2.05, 4.69) is 57.2 Å². The third-order valence-electron chi connectivity index (χ3n) is 15.4. The van der Waals surface area contributed by atoms with Gasteiger partial charge in [0.25, 0.3) is 0 Å². The van der Waals surface area contributed by atoms with Crippen molar-refractivity contribution in [2.45, 2.75) is 380 Å². The van der Waals surface area contributed by atoms with E-state index in [4.69, 9.17) is 14.2 Å². The molecular formula is C70H130O6. The van der Waals surface area contributed by atoms with E-state index in [0.29, 0.717) is 19.3 Å². The van der Waals surface area contributed by atoms with Crippen molar-refractivity contribution in [3.8, 4) is 0 Å². The maximum atomic E-state index is 12.9. The van der Waals surface area contributed by atoms with E-state index in [1.54, 1.807) is 0 Å². The quantitative estimate of drug-likeness (QED) is 0.0261. The second-order valence-corrected chi connectivity index (χ2v) is 23.1. The Balaban J connectivity index is 4.09. The Morgan fingerprint density at radius 2 is 0.474 bits per heavy atom. The number of unbranched alkanes of at least 4 members (excludes halogenated alkanes) is 46. The van der Waals surface area contributed by atoms with Crippen LogP contribution in [0.3, 0.4) is 0 Å². The smallest absolute Gasteiger partial charge is 0.306 e. The Morgan fingerprint density at radius 1 is 0.263 bits per heavy atom.